The second kappa shape index (κ2) is 10.0. The van der Waals surface area contributed by atoms with E-state index in [1.165, 1.54) is 6.92 Å². The van der Waals surface area contributed by atoms with E-state index in [0.717, 1.165) is 16.7 Å². The molecule has 7 heteroatoms. The highest BCUT2D eigenvalue weighted by Crippen LogP contribution is 2.29. The van der Waals surface area contributed by atoms with Crippen molar-refractivity contribution in [2.45, 2.75) is 33.3 Å². The Balaban J connectivity index is 1.56. The number of aryl methyl sites for hydroxylation is 1. The lowest BCUT2D eigenvalue weighted by Gasteiger charge is -2.13. The molecular weight excluding hydrogens is 398 g/mol. The lowest BCUT2D eigenvalue weighted by Crippen LogP contribution is -2.36. The summed E-state index contributed by atoms with van der Waals surface area (Å²) in [4.78, 5) is 24.9. The fourth-order valence-electron chi connectivity index (χ4n) is 3.18. The van der Waals surface area contributed by atoms with E-state index < -0.39 is 12.1 Å². The molecule has 0 saturated carbocycles. The highest BCUT2D eigenvalue weighted by atomic mass is 16.6. The van der Waals surface area contributed by atoms with E-state index in [2.05, 4.69) is 5.32 Å². The highest BCUT2D eigenvalue weighted by molar-refractivity contribution is 5.97. The zero-order chi connectivity index (χ0) is 22.4. The zero-order valence-electron chi connectivity index (χ0n) is 18.2. The minimum atomic E-state index is -0.949. The van der Waals surface area contributed by atoms with Gasteiger partial charge in [-0.05, 0) is 63.1 Å². The molecular formula is C24H27NO6. The second-order valence-electron chi connectivity index (χ2n) is 7.08. The molecule has 0 aliphatic rings. The van der Waals surface area contributed by atoms with Crippen LogP contribution < -0.4 is 14.8 Å². The Labute approximate surface area is 181 Å². The molecule has 164 valence electrons. The van der Waals surface area contributed by atoms with Gasteiger partial charge in [-0.25, -0.2) is 4.79 Å². The number of furan rings is 1. The van der Waals surface area contributed by atoms with E-state index >= 15 is 0 Å². The molecule has 0 fully saturated rings. The minimum absolute atomic E-state index is 0.0848. The number of benzene rings is 2. The third-order valence-electron chi connectivity index (χ3n) is 4.93. The van der Waals surface area contributed by atoms with Crippen molar-refractivity contribution < 1.29 is 28.2 Å². The number of rotatable bonds is 9. The van der Waals surface area contributed by atoms with Crippen molar-refractivity contribution in [1.29, 1.82) is 0 Å². The molecule has 0 spiro atoms. The van der Waals surface area contributed by atoms with Crippen molar-refractivity contribution in [2.75, 3.05) is 20.3 Å². The van der Waals surface area contributed by atoms with E-state index in [0.29, 0.717) is 36.5 Å². The number of ether oxygens (including phenoxy) is 3. The van der Waals surface area contributed by atoms with Crippen LogP contribution in [0.25, 0.3) is 11.0 Å². The maximum atomic E-state index is 12.6. The minimum Gasteiger partial charge on any atom is -0.497 e. The Hall–Kier alpha value is -3.48. The third kappa shape index (κ3) is 5.36. The normalized spacial score (nSPS) is 11.7. The van der Waals surface area contributed by atoms with Crippen LogP contribution in [-0.2, 0) is 16.0 Å². The number of methoxy groups -OCH3 is 1. The number of fused-ring (bicyclic) bond motifs is 1. The molecule has 1 N–H and O–H groups in total. The van der Waals surface area contributed by atoms with Crippen LogP contribution in [0.15, 0.2) is 46.9 Å². The van der Waals surface area contributed by atoms with E-state index in [-0.39, 0.29) is 11.7 Å². The van der Waals surface area contributed by atoms with Crippen LogP contribution in [0.1, 0.15) is 35.5 Å². The van der Waals surface area contributed by atoms with Gasteiger partial charge < -0.3 is 23.9 Å². The predicted octanol–water partition coefficient (Wildman–Crippen LogP) is 4.05. The number of esters is 1. The van der Waals surface area contributed by atoms with Gasteiger partial charge in [0.2, 0.25) is 5.76 Å². The summed E-state index contributed by atoms with van der Waals surface area (Å²) in [6, 6.07) is 13.0. The summed E-state index contributed by atoms with van der Waals surface area (Å²) in [6.45, 7) is 6.18. The molecule has 7 nitrogen and oxygen atoms in total. The van der Waals surface area contributed by atoms with Crippen LogP contribution in [-0.4, -0.2) is 38.2 Å². The Morgan fingerprint density at radius 2 is 1.81 bits per heavy atom. The first-order valence-electron chi connectivity index (χ1n) is 10.2. The Morgan fingerprint density at radius 1 is 1.10 bits per heavy atom. The molecule has 3 rings (SSSR count). The number of hydrogen-bond donors (Lipinski definition) is 1. The van der Waals surface area contributed by atoms with Gasteiger partial charge in [0.25, 0.3) is 5.91 Å². The van der Waals surface area contributed by atoms with Crippen molar-refractivity contribution >= 4 is 22.8 Å². The largest absolute Gasteiger partial charge is 0.497 e. The SMILES string of the molecule is CCOc1ccc2oc(C(=O)O[C@@H](C)C(=O)NCCc3ccc(OC)cc3)c(C)c2c1. The maximum Gasteiger partial charge on any atom is 0.375 e. The van der Waals surface area contributed by atoms with Gasteiger partial charge >= 0.3 is 5.97 Å². The highest BCUT2D eigenvalue weighted by Gasteiger charge is 2.24. The van der Waals surface area contributed by atoms with Crippen LogP contribution >= 0.6 is 0 Å². The monoisotopic (exact) mass is 425 g/mol. The molecule has 0 aliphatic heterocycles. The summed E-state index contributed by atoms with van der Waals surface area (Å²) in [5.74, 6) is 0.520. The fourth-order valence-corrected chi connectivity index (χ4v) is 3.18. The van der Waals surface area contributed by atoms with Gasteiger partial charge in [-0.1, -0.05) is 12.1 Å². The smallest absolute Gasteiger partial charge is 0.375 e. The molecule has 1 heterocycles. The van der Waals surface area contributed by atoms with Crippen molar-refractivity contribution in [2.24, 2.45) is 0 Å². The molecule has 31 heavy (non-hydrogen) atoms. The van der Waals surface area contributed by atoms with Gasteiger partial charge in [-0.15, -0.1) is 0 Å². The summed E-state index contributed by atoms with van der Waals surface area (Å²) >= 11 is 0. The lowest BCUT2D eigenvalue weighted by molar-refractivity contribution is -0.129. The summed E-state index contributed by atoms with van der Waals surface area (Å²) in [6.07, 6.45) is -0.295. The van der Waals surface area contributed by atoms with Crippen LogP contribution in [0.2, 0.25) is 0 Å². The summed E-state index contributed by atoms with van der Waals surface area (Å²) in [7, 11) is 1.61. The first kappa shape index (κ1) is 22.2. The van der Waals surface area contributed by atoms with Crippen molar-refractivity contribution in [1.82, 2.24) is 5.32 Å². The van der Waals surface area contributed by atoms with E-state index in [4.69, 9.17) is 18.6 Å². The van der Waals surface area contributed by atoms with Gasteiger partial charge in [-0.2, -0.15) is 0 Å². The quantitative estimate of drug-likeness (QED) is 0.521. The Morgan fingerprint density at radius 3 is 2.48 bits per heavy atom. The topological polar surface area (TPSA) is 87.0 Å². The van der Waals surface area contributed by atoms with Crippen LogP contribution in [0.3, 0.4) is 0 Å². The van der Waals surface area contributed by atoms with E-state index in [1.807, 2.05) is 37.3 Å². The Bertz CT molecular complexity index is 1050. The molecule has 0 unspecified atom stereocenters. The average Bonchev–Trinajstić information content (AvgIpc) is 3.10. The number of amides is 1. The number of nitrogens with one attached hydrogen (secondary N) is 1. The zero-order valence-corrected chi connectivity index (χ0v) is 18.2. The van der Waals surface area contributed by atoms with Gasteiger partial charge in [-0.3, -0.25) is 4.79 Å². The molecule has 1 aromatic heterocycles. The van der Waals surface area contributed by atoms with Crippen LogP contribution in [0.4, 0.5) is 0 Å². The maximum absolute atomic E-state index is 12.6. The predicted molar refractivity (Wildman–Crippen MR) is 117 cm³/mol. The molecule has 2 aromatic carbocycles. The van der Waals surface area contributed by atoms with Crippen molar-refractivity contribution in [3.63, 3.8) is 0 Å². The van der Waals surface area contributed by atoms with E-state index in [9.17, 15) is 9.59 Å². The van der Waals surface area contributed by atoms with Gasteiger partial charge in [0.1, 0.15) is 17.1 Å². The third-order valence-corrected chi connectivity index (χ3v) is 4.93. The number of carbonyl (C=O) groups excluding carboxylic acids is 2. The van der Waals surface area contributed by atoms with Crippen molar-refractivity contribution in [3.8, 4) is 11.5 Å². The van der Waals surface area contributed by atoms with E-state index in [1.54, 1.807) is 26.2 Å². The number of hydrogen-bond acceptors (Lipinski definition) is 6. The molecule has 3 aromatic rings. The fraction of sp³-hybridized carbons (Fsp3) is 0.333. The van der Waals surface area contributed by atoms with Crippen molar-refractivity contribution in [3.05, 3.63) is 59.4 Å². The second-order valence-corrected chi connectivity index (χ2v) is 7.08. The Kier molecular flexibility index (Phi) is 7.18. The molecule has 0 bridgehead atoms. The standard InChI is InChI=1S/C24H27NO6/c1-5-29-19-10-11-21-20(14-19)15(2)22(31-21)24(27)30-16(3)23(26)25-13-12-17-6-8-18(28-4)9-7-17/h6-11,14,16H,5,12-13H2,1-4H3,(H,25,26)/t16-/m0/s1. The summed E-state index contributed by atoms with van der Waals surface area (Å²) in [5.41, 5.74) is 2.27. The molecule has 0 saturated heterocycles. The molecule has 1 amide bonds. The van der Waals surface area contributed by atoms with Crippen LogP contribution in [0.5, 0.6) is 11.5 Å². The average molecular weight is 425 g/mol. The van der Waals surface area contributed by atoms with Gasteiger partial charge in [0.05, 0.1) is 13.7 Å². The summed E-state index contributed by atoms with van der Waals surface area (Å²) in [5, 5.41) is 3.56. The van der Waals surface area contributed by atoms with Crippen LogP contribution in [0, 0.1) is 6.92 Å². The molecule has 0 aliphatic carbocycles. The summed E-state index contributed by atoms with van der Waals surface area (Å²) < 4.78 is 21.6. The first-order valence-corrected chi connectivity index (χ1v) is 10.2. The first-order chi connectivity index (χ1) is 14.9. The van der Waals surface area contributed by atoms with Gasteiger partial charge in [0, 0.05) is 17.5 Å². The number of carbonyl (C=O) groups is 2. The molecule has 0 radical (unpaired) electrons. The molecule has 1 atom stereocenters. The van der Waals surface area contributed by atoms with Gasteiger partial charge in [0.15, 0.2) is 6.10 Å². The lowest BCUT2D eigenvalue weighted by atomic mass is 10.1.